The van der Waals surface area contributed by atoms with Gasteiger partial charge in [0.05, 0.1) is 6.54 Å². The smallest absolute Gasteiger partial charge is 0.140 e. The minimum Gasteiger partial charge on any atom is -0.310 e. The van der Waals surface area contributed by atoms with Gasteiger partial charge in [0, 0.05) is 6.54 Å². The molecular formula is C10H18N4S. The molecule has 1 saturated heterocycles. The molecule has 84 valence electrons. The first kappa shape index (κ1) is 11.0. The molecule has 0 saturated carbocycles. The highest BCUT2D eigenvalue weighted by atomic mass is 32.2. The molecule has 0 aliphatic carbocycles. The second-order valence-corrected chi connectivity index (χ2v) is 5.00. The van der Waals surface area contributed by atoms with Gasteiger partial charge in [0.15, 0.2) is 0 Å². The third kappa shape index (κ3) is 2.95. The number of hydrogen-bond donors (Lipinski definition) is 1. The summed E-state index contributed by atoms with van der Waals surface area (Å²) in [5, 5.41) is 7.61. The summed E-state index contributed by atoms with van der Waals surface area (Å²) in [6, 6.07) is 0. The van der Waals surface area contributed by atoms with Gasteiger partial charge in [-0.1, -0.05) is 0 Å². The Morgan fingerprint density at radius 2 is 2.60 bits per heavy atom. The predicted molar refractivity (Wildman–Crippen MR) is 62.8 cm³/mol. The third-order valence-corrected chi connectivity index (χ3v) is 3.97. The highest BCUT2D eigenvalue weighted by Crippen LogP contribution is 2.22. The number of hydrogen-bond acceptors (Lipinski definition) is 4. The minimum absolute atomic E-state index is 0.842. The monoisotopic (exact) mass is 226 g/mol. The van der Waals surface area contributed by atoms with Crippen molar-refractivity contribution in [1.29, 1.82) is 0 Å². The minimum atomic E-state index is 0.842. The Morgan fingerprint density at radius 1 is 1.67 bits per heavy atom. The van der Waals surface area contributed by atoms with Gasteiger partial charge in [-0.3, -0.25) is 0 Å². The number of aryl methyl sites for hydroxylation is 1. The van der Waals surface area contributed by atoms with E-state index in [0.717, 1.165) is 31.4 Å². The highest BCUT2D eigenvalue weighted by Gasteiger charge is 2.14. The van der Waals surface area contributed by atoms with E-state index in [4.69, 9.17) is 0 Å². The van der Waals surface area contributed by atoms with Crippen molar-refractivity contribution in [3.63, 3.8) is 0 Å². The molecule has 1 aromatic heterocycles. The molecule has 1 aliphatic heterocycles. The van der Waals surface area contributed by atoms with Gasteiger partial charge < -0.3 is 5.32 Å². The summed E-state index contributed by atoms with van der Waals surface area (Å²) in [6.07, 6.45) is 2.99. The van der Waals surface area contributed by atoms with Crippen molar-refractivity contribution >= 4 is 11.8 Å². The van der Waals surface area contributed by atoms with Gasteiger partial charge in [-0.05, 0) is 37.3 Å². The van der Waals surface area contributed by atoms with E-state index in [2.05, 4.69) is 34.1 Å². The van der Waals surface area contributed by atoms with E-state index in [1.165, 1.54) is 17.9 Å². The first-order chi connectivity index (χ1) is 7.40. The molecule has 1 N–H and O–H groups in total. The summed E-state index contributed by atoms with van der Waals surface area (Å²) in [5.74, 6) is 4.54. The van der Waals surface area contributed by atoms with Crippen molar-refractivity contribution in [2.75, 3.05) is 18.1 Å². The van der Waals surface area contributed by atoms with Gasteiger partial charge in [0.25, 0.3) is 0 Å². The Morgan fingerprint density at radius 3 is 3.33 bits per heavy atom. The Bertz CT molecular complexity index is 293. The number of aromatic nitrogens is 3. The fourth-order valence-electron chi connectivity index (χ4n) is 1.82. The molecule has 1 atom stereocenters. The van der Waals surface area contributed by atoms with Gasteiger partial charge >= 0.3 is 0 Å². The maximum atomic E-state index is 4.24. The third-order valence-electron chi connectivity index (χ3n) is 2.74. The van der Waals surface area contributed by atoms with Crippen LogP contribution in [0.1, 0.15) is 19.2 Å². The van der Waals surface area contributed by atoms with E-state index in [1.807, 2.05) is 4.68 Å². The second kappa shape index (κ2) is 5.51. The van der Waals surface area contributed by atoms with Crippen molar-refractivity contribution < 1.29 is 0 Å². The Kier molecular flexibility index (Phi) is 4.02. The van der Waals surface area contributed by atoms with Crippen molar-refractivity contribution in [3.8, 4) is 0 Å². The Balaban J connectivity index is 1.73. The van der Waals surface area contributed by atoms with Crippen LogP contribution >= 0.6 is 11.8 Å². The first-order valence-electron chi connectivity index (χ1n) is 5.55. The van der Waals surface area contributed by atoms with Gasteiger partial charge in [-0.25, -0.2) is 9.67 Å². The van der Waals surface area contributed by atoms with E-state index in [1.54, 1.807) is 6.33 Å². The van der Waals surface area contributed by atoms with Crippen LogP contribution in [0.2, 0.25) is 0 Å². The van der Waals surface area contributed by atoms with E-state index < -0.39 is 0 Å². The van der Waals surface area contributed by atoms with Gasteiger partial charge in [-0.15, -0.1) is 0 Å². The van der Waals surface area contributed by atoms with E-state index in [9.17, 15) is 0 Å². The molecular weight excluding hydrogens is 208 g/mol. The van der Waals surface area contributed by atoms with E-state index >= 15 is 0 Å². The fourth-order valence-corrected chi connectivity index (χ4v) is 3.11. The average Bonchev–Trinajstić information content (AvgIpc) is 2.88. The van der Waals surface area contributed by atoms with Crippen LogP contribution in [0.15, 0.2) is 6.33 Å². The summed E-state index contributed by atoms with van der Waals surface area (Å²) >= 11 is 2.06. The fraction of sp³-hybridized carbons (Fsp3) is 0.800. The van der Waals surface area contributed by atoms with Crippen LogP contribution in [0.5, 0.6) is 0 Å². The molecule has 1 fully saturated rings. The van der Waals surface area contributed by atoms with Crippen LogP contribution in [0.25, 0.3) is 0 Å². The molecule has 2 rings (SSSR count). The predicted octanol–water partition coefficient (Wildman–Crippen LogP) is 1.14. The van der Waals surface area contributed by atoms with Crippen LogP contribution in [0, 0.1) is 5.92 Å². The molecule has 1 aliphatic rings. The quantitative estimate of drug-likeness (QED) is 0.817. The van der Waals surface area contributed by atoms with Gasteiger partial charge in [-0.2, -0.15) is 16.9 Å². The highest BCUT2D eigenvalue weighted by molar-refractivity contribution is 7.99. The lowest BCUT2D eigenvalue weighted by Gasteiger charge is -2.09. The maximum absolute atomic E-state index is 4.24. The lowest BCUT2D eigenvalue weighted by Crippen LogP contribution is -2.24. The molecule has 0 aromatic carbocycles. The normalized spacial score (nSPS) is 21.0. The van der Waals surface area contributed by atoms with Crippen LogP contribution in [-0.2, 0) is 13.1 Å². The summed E-state index contributed by atoms with van der Waals surface area (Å²) < 4.78 is 1.94. The SMILES string of the molecule is CCn1ncnc1CNCC1CCSC1. The Labute approximate surface area is 94.8 Å². The molecule has 0 amide bonds. The number of rotatable bonds is 5. The molecule has 5 heteroatoms. The van der Waals surface area contributed by atoms with Crippen molar-refractivity contribution in [1.82, 2.24) is 20.1 Å². The summed E-state index contributed by atoms with van der Waals surface area (Å²) in [7, 11) is 0. The zero-order valence-corrected chi connectivity index (χ0v) is 9.96. The van der Waals surface area contributed by atoms with Gasteiger partial charge in [0.2, 0.25) is 0 Å². The van der Waals surface area contributed by atoms with E-state index in [0.29, 0.717) is 0 Å². The number of nitrogens with zero attached hydrogens (tertiary/aromatic N) is 3. The molecule has 1 aromatic rings. The van der Waals surface area contributed by atoms with Crippen LogP contribution in [0.3, 0.4) is 0 Å². The van der Waals surface area contributed by atoms with Crippen molar-refractivity contribution in [2.24, 2.45) is 5.92 Å². The molecule has 2 heterocycles. The molecule has 15 heavy (non-hydrogen) atoms. The lowest BCUT2D eigenvalue weighted by molar-refractivity contribution is 0.500. The molecule has 0 spiro atoms. The van der Waals surface area contributed by atoms with Crippen LogP contribution in [-0.4, -0.2) is 32.8 Å². The topological polar surface area (TPSA) is 42.7 Å². The van der Waals surface area contributed by atoms with Crippen molar-refractivity contribution in [2.45, 2.75) is 26.4 Å². The zero-order valence-electron chi connectivity index (χ0n) is 9.15. The van der Waals surface area contributed by atoms with Gasteiger partial charge in [0.1, 0.15) is 12.2 Å². The standard InChI is InChI=1S/C10H18N4S/c1-2-14-10(12-8-13-14)6-11-5-9-3-4-15-7-9/h8-9,11H,2-7H2,1H3. The first-order valence-corrected chi connectivity index (χ1v) is 6.70. The van der Waals surface area contributed by atoms with E-state index in [-0.39, 0.29) is 0 Å². The lowest BCUT2D eigenvalue weighted by atomic mass is 10.1. The number of thioether (sulfide) groups is 1. The second-order valence-electron chi connectivity index (χ2n) is 3.85. The van der Waals surface area contributed by atoms with Crippen molar-refractivity contribution in [3.05, 3.63) is 12.2 Å². The summed E-state index contributed by atoms with van der Waals surface area (Å²) in [4.78, 5) is 4.24. The zero-order chi connectivity index (χ0) is 10.5. The average molecular weight is 226 g/mol. The molecule has 0 radical (unpaired) electrons. The molecule has 1 unspecified atom stereocenters. The van der Waals surface area contributed by atoms with Crippen LogP contribution < -0.4 is 5.32 Å². The van der Waals surface area contributed by atoms with Crippen LogP contribution in [0.4, 0.5) is 0 Å². The molecule has 0 bridgehead atoms. The summed E-state index contributed by atoms with van der Waals surface area (Å²) in [5.41, 5.74) is 0. The largest absolute Gasteiger partial charge is 0.310 e. The Hall–Kier alpha value is -0.550. The summed E-state index contributed by atoms with van der Waals surface area (Å²) in [6.45, 7) is 4.95. The number of nitrogens with one attached hydrogen (secondary N) is 1. The maximum Gasteiger partial charge on any atom is 0.140 e. The molecule has 4 nitrogen and oxygen atoms in total.